The molecule has 0 aromatic carbocycles. The molecule has 0 saturated carbocycles. The zero-order valence-corrected chi connectivity index (χ0v) is 17.7. The summed E-state index contributed by atoms with van der Waals surface area (Å²) in [4.78, 5) is 33.9. The molecule has 0 aromatic rings. The number of esters is 3. The molecular formula is C21H36O8. The van der Waals surface area contributed by atoms with Gasteiger partial charge in [0.05, 0.1) is 25.7 Å². The standard InChI is InChI=1S/C21H36O8/c1-4-17(3)21(25)28-14-8-6-7-11-20(24)29-16-18(22)15-26-12-9-10-13-27-19(23)5-2/h5,17-18,22H,2,4,6-16H2,1,3H3. The van der Waals surface area contributed by atoms with Gasteiger partial charge in [-0.15, -0.1) is 0 Å². The number of carbonyl (C=O) groups is 3. The molecule has 0 aromatic heterocycles. The predicted octanol–water partition coefficient (Wildman–Crippen LogP) is 2.57. The Morgan fingerprint density at radius 2 is 1.59 bits per heavy atom. The van der Waals surface area contributed by atoms with Gasteiger partial charge in [-0.3, -0.25) is 9.59 Å². The third-order valence-corrected chi connectivity index (χ3v) is 4.13. The molecule has 0 aliphatic rings. The second kappa shape index (κ2) is 18.1. The van der Waals surface area contributed by atoms with Gasteiger partial charge in [-0.2, -0.15) is 0 Å². The highest BCUT2D eigenvalue weighted by atomic mass is 16.6. The highest BCUT2D eigenvalue weighted by Crippen LogP contribution is 2.06. The normalized spacial score (nSPS) is 12.7. The van der Waals surface area contributed by atoms with E-state index in [1.165, 1.54) is 0 Å². The SMILES string of the molecule is C=CC(=O)OCCCCOCC(O)COC(=O)CCCCCOC(=O)C(C)CC. The molecule has 0 aliphatic carbocycles. The minimum Gasteiger partial charge on any atom is -0.465 e. The van der Waals surface area contributed by atoms with Crippen molar-refractivity contribution in [3.63, 3.8) is 0 Å². The van der Waals surface area contributed by atoms with E-state index in [0.29, 0.717) is 45.5 Å². The fourth-order valence-corrected chi connectivity index (χ4v) is 2.10. The number of rotatable bonds is 18. The van der Waals surface area contributed by atoms with Crippen LogP contribution in [0.4, 0.5) is 0 Å². The molecule has 8 heteroatoms. The van der Waals surface area contributed by atoms with Gasteiger partial charge in [0.25, 0.3) is 0 Å². The maximum absolute atomic E-state index is 11.6. The Morgan fingerprint density at radius 3 is 2.28 bits per heavy atom. The van der Waals surface area contributed by atoms with Crippen LogP contribution in [0.5, 0.6) is 0 Å². The number of aliphatic hydroxyl groups is 1. The quantitative estimate of drug-likeness (QED) is 0.157. The molecular weight excluding hydrogens is 380 g/mol. The van der Waals surface area contributed by atoms with Gasteiger partial charge in [0, 0.05) is 19.1 Å². The van der Waals surface area contributed by atoms with Gasteiger partial charge in [0.2, 0.25) is 0 Å². The summed E-state index contributed by atoms with van der Waals surface area (Å²) in [6.45, 7) is 8.12. The maximum atomic E-state index is 11.6. The Hall–Kier alpha value is -1.93. The minimum absolute atomic E-state index is 0.0707. The van der Waals surface area contributed by atoms with Crippen molar-refractivity contribution < 1.29 is 38.4 Å². The van der Waals surface area contributed by atoms with E-state index in [2.05, 4.69) is 6.58 Å². The van der Waals surface area contributed by atoms with Gasteiger partial charge in [-0.05, 0) is 38.5 Å². The molecule has 0 saturated heterocycles. The highest BCUT2D eigenvalue weighted by molar-refractivity contribution is 5.81. The summed E-state index contributed by atoms with van der Waals surface area (Å²) in [7, 11) is 0. The zero-order valence-electron chi connectivity index (χ0n) is 17.7. The van der Waals surface area contributed by atoms with E-state index < -0.39 is 12.1 Å². The molecule has 8 nitrogen and oxygen atoms in total. The largest absolute Gasteiger partial charge is 0.465 e. The average molecular weight is 417 g/mol. The fourth-order valence-electron chi connectivity index (χ4n) is 2.10. The summed E-state index contributed by atoms with van der Waals surface area (Å²) in [5.41, 5.74) is 0. The smallest absolute Gasteiger partial charge is 0.330 e. The Labute approximate surface area is 173 Å². The molecule has 2 unspecified atom stereocenters. The van der Waals surface area contributed by atoms with E-state index in [1.54, 1.807) is 0 Å². The van der Waals surface area contributed by atoms with E-state index >= 15 is 0 Å². The topological polar surface area (TPSA) is 108 Å². The maximum Gasteiger partial charge on any atom is 0.330 e. The zero-order chi connectivity index (χ0) is 21.9. The molecule has 1 N–H and O–H groups in total. The van der Waals surface area contributed by atoms with Crippen molar-refractivity contribution in [3.8, 4) is 0 Å². The lowest BCUT2D eigenvalue weighted by atomic mass is 10.1. The van der Waals surface area contributed by atoms with Crippen LogP contribution in [0.25, 0.3) is 0 Å². The number of carbonyl (C=O) groups excluding carboxylic acids is 3. The van der Waals surface area contributed by atoms with Crippen LogP contribution in [0.1, 0.15) is 58.8 Å². The summed E-state index contributed by atoms with van der Waals surface area (Å²) in [5, 5.41) is 9.73. The first kappa shape index (κ1) is 27.1. The number of ether oxygens (including phenoxy) is 4. The average Bonchev–Trinajstić information content (AvgIpc) is 2.72. The lowest BCUT2D eigenvalue weighted by Crippen LogP contribution is -2.24. The molecule has 0 bridgehead atoms. The van der Waals surface area contributed by atoms with Crippen molar-refractivity contribution in [2.45, 2.75) is 64.9 Å². The Bertz CT molecular complexity index is 477. The van der Waals surface area contributed by atoms with E-state index in [4.69, 9.17) is 18.9 Å². The summed E-state index contributed by atoms with van der Waals surface area (Å²) < 4.78 is 20.3. The highest BCUT2D eigenvalue weighted by Gasteiger charge is 2.12. The summed E-state index contributed by atoms with van der Waals surface area (Å²) >= 11 is 0. The van der Waals surface area contributed by atoms with Gasteiger partial charge in [-0.1, -0.05) is 20.4 Å². The molecule has 0 spiro atoms. The first-order valence-electron chi connectivity index (χ1n) is 10.3. The number of aliphatic hydroxyl groups excluding tert-OH is 1. The molecule has 0 aliphatic heterocycles. The first-order chi connectivity index (χ1) is 13.9. The van der Waals surface area contributed by atoms with Crippen LogP contribution in [0, 0.1) is 5.92 Å². The number of hydrogen-bond acceptors (Lipinski definition) is 8. The number of hydrogen-bond donors (Lipinski definition) is 1. The van der Waals surface area contributed by atoms with Crippen molar-refractivity contribution >= 4 is 17.9 Å². The van der Waals surface area contributed by atoms with Crippen LogP contribution in [0.2, 0.25) is 0 Å². The monoisotopic (exact) mass is 416 g/mol. The Kier molecular flexibility index (Phi) is 16.9. The summed E-state index contributed by atoms with van der Waals surface area (Å²) in [6, 6.07) is 0. The van der Waals surface area contributed by atoms with E-state index in [1.807, 2.05) is 13.8 Å². The Morgan fingerprint density at radius 1 is 0.931 bits per heavy atom. The Balaban J connectivity index is 3.49. The van der Waals surface area contributed by atoms with Gasteiger partial charge in [-0.25, -0.2) is 4.79 Å². The molecule has 168 valence electrons. The van der Waals surface area contributed by atoms with Crippen LogP contribution in [0.15, 0.2) is 12.7 Å². The lowest BCUT2D eigenvalue weighted by molar-refractivity contribution is -0.149. The van der Waals surface area contributed by atoms with Crippen molar-refractivity contribution in [2.75, 3.05) is 33.0 Å². The summed E-state index contributed by atoms with van der Waals surface area (Å²) in [5.74, 6) is -1.08. The molecule has 0 radical (unpaired) electrons. The second-order valence-corrected chi connectivity index (χ2v) is 6.78. The van der Waals surface area contributed by atoms with Gasteiger partial charge in [0.1, 0.15) is 12.7 Å². The van der Waals surface area contributed by atoms with Crippen LogP contribution in [0.3, 0.4) is 0 Å². The number of unbranched alkanes of at least 4 members (excludes halogenated alkanes) is 3. The minimum atomic E-state index is -0.877. The fraction of sp³-hybridized carbons (Fsp3) is 0.762. The van der Waals surface area contributed by atoms with Crippen molar-refractivity contribution in [1.82, 2.24) is 0 Å². The molecule has 29 heavy (non-hydrogen) atoms. The summed E-state index contributed by atoms with van der Waals surface area (Å²) in [6.07, 6.45) is 4.70. The van der Waals surface area contributed by atoms with Crippen LogP contribution in [-0.2, 0) is 33.3 Å². The van der Waals surface area contributed by atoms with Crippen LogP contribution >= 0.6 is 0 Å². The van der Waals surface area contributed by atoms with E-state index in [9.17, 15) is 19.5 Å². The van der Waals surface area contributed by atoms with E-state index in [-0.39, 0.29) is 37.5 Å². The van der Waals surface area contributed by atoms with E-state index in [0.717, 1.165) is 18.9 Å². The first-order valence-corrected chi connectivity index (χ1v) is 10.3. The van der Waals surface area contributed by atoms with Crippen LogP contribution in [-0.4, -0.2) is 62.2 Å². The van der Waals surface area contributed by atoms with Gasteiger partial charge >= 0.3 is 17.9 Å². The molecule has 0 heterocycles. The molecule has 0 fully saturated rings. The van der Waals surface area contributed by atoms with Gasteiger partial charge < -0.3 is 24.1 Å². The van der Waals surface area contributed by atoms with Crippen molar-refractivity contribution in [1.29, 1.82) is 0 Å². The third-order valence-electron chi connectivity index (χ3n) is 4.13. The van der Waals surface area contributed by atoms with Crippen LogP contribution < -0.4 is 0 Å². The molecule has 0 amide bonds. The van der Waals surface area contributed by atoms with Crippen molar-refractivity contribution in [2.24, 2.45) is 5.92 Å². The molecule has 2 atom stereocenters. The lowest BCUT2D eigenvalue weighted by Gasteiger charge is -2.12. The van der Waals surface area contributed by atoms with Gasteiger partial charge in [0.15, 0.2) is 0 Å². The second-order valence-electron chi connectivity index (χ2n) is 6.78. The third kappa shape index (κ3) is 16.7. The van der Waals surface area contributed by atoms with Crippen molar-refractivity contribution in [3.05, 3.63) is 12.7 Å². The molecule has 0 rings (SSSR count). The predicted molar refractivity (Wildman–Crippen MR) is 107 cm³/mol.